The Morgan fingerprint density at radius 1 is 1.24 bits per heavy atom. The van der Waals surface area contributed by atoms with Crippen LogP contribution in [0.3, 0.4) is 0 Å². The Hall–Kier alpha value is -2.25. The Morgan fingerprint density at radius 2 is 2.00 bits per heavy atom. The molecule has 0 bridgehead atoms. The summed E-state index contributed by atoms with van der Waals surface area (Å²) in [6, 6.07) is 0. The van der Waals surface area contributed by atoms with Gasteiger partial charge < -0.3 is 25.2 Å². The van der Waals surface area contributed by atoms with Crippen LogP contribution in [0.4, 0.5) is 0 Å². The molecule has 0 spiro atoms. The van der Waals surface area contributed by atoms with Crippen LogP contribution in [0, 0.1) is 0 Å². The summed E-state index contributed by atoms with van der Waals surface area (Å²) in [5, 5.41) is 12.7. The normalized spacial score (nSPS) is 13.8. The number of carbonyl (C=O) groups excluding carboxylic acids is 2. The SMILES string of the molecule is O=C(O)CNC(=O)CNC(=O)C1=COCCO1. The van der Waals surface area contributed by atoms with Crippen LogP contribution in [-0.4, -0.2) is 49.2 Å². The number of ether oxygens (including phenoxy) is 2. The molecule has 0 fully saturated rings. The summed E-state index contributed by atoms with van der Waals surface area (Å²) in [7, 11) is 0. The first-order chi connectivity index (χ1) is 8.09. The van der Waals surface area contributed by atoms with Gasteiger partial charge in [-0.05, 0) is 0 Å². The molecule has 2 amide bonds. The summed E-state index contributed by atoms with van der Waals surface area (Å²) in [6.45, 7) is -0.176. The Balaban J connectivity index is 2.25. The van der Waals surface area contributed by atoms with Gasteiger partial charge in [-0.25, -0.2) is 0 Å². The molecule has 8 nitrogen and oxygen atoms in total. The lowest BCUT2D eigenvalue weighted by atomic mass is 10.4. The number of amides is 2. The Kier molecular flexibility index (Phi) is 4.79. The van der Waals surface area contributed by atoms with Crippen molar-refractivity contribution in [2.24, 2.45) is 0 Å². The first-order valence-corrected chi connectivity index (χ1v) is 4.81. The number of carbonyl (C=O) groups is 3. The number of nitrogens with one attached hydrogen (secondary N) is 2. The van der Waals surface area contributed by atoms with Gasteiger partial charge in [0.25, 0.3) is 5.91 Å². The zero-order valence-corrected chi connectivity index (χ0v) is 8.89. The van der Waals surface area contributed by atoms with Gasteiger partial charge in [0.15, 0.2) is 0 Å². The molecule has 1 heterocycles. The Bertz CT molecular complexity index is 351. The number of hydrogen-bond acceptors (Lipinski definition) is 5. The van der Waals surface area contributed by atoms with Gasteiger partial charge in [0.05, 0.1) is 6.54 Å². The van der Waals surface area contributed by atoms with E-state index in [9.17, 15) is 14.4 Å². The standard InChI is InChI=1S/C9H12N2O6/c12-7(10-4-8(13)14)3-11-9(15)6-5-16-1-2-17-6/h5H,1-4H2,(H,10,12)(H,11,15)(H,13,14). The molecule has 3 N–H and O–H groups in total. The molecule has 0 saturated carbocycles. The van der Waals surface area contributed by atoms with Gasteiger partial charge in [-0.15, -0.1) is 0 Å². The molecular weight excluding hydrogens is 232 g/mol. The van der Waals surface area contributed by atoms with Gasteiger partial charge >= 0.3 is 5.97 Å². The second kappa shape index (κ2) is 6.36. The smallest absolute Gasteiger partial charge is 0.322 e. The van der Waals surface area contributed by atoms with E-state index >= 15 is 0 Å². The highest BCUT2D eigenvalue weighted by molar-refractivity contribution is 5.94. The molecule has 0 aromatic carbocycles. The number of aliphatic carboxylic acids is 1. The van der Waals surface area contributed by atoms with E-state index in [0.29, 0.717) is 6.61 Å². The van der Waals surface area contributed by atoms with Gasteiger partial charge in [0.2, 0.25) is 11.7 Å². The summed E-state index contributed by atoms with van der Waals surface area (Å²) < 4.78 is 9.83. The average Bonchev–Trinajstić information content (AvgIpc) is 2.34. The molecule has 0 unspecified atom stereocenters. The fourth-order valence-corrected chi connectivity index (χ4v) is 0.972. The van der Waals surface area contributed by atoms with Crippen LogP contribution in [0.15, 0.2) is 12.0 Å². The predicted molar refractivity (Wildman–Crippen MR) is 53.6 cm³/mol. The van der Waals surface area contributed by atoms with Gasteiger partial charge in [0.1, 0.15) is 26.0 Å². The van der Waals surface area contributed by atoms with Crippen LogP contribution in [-0.2, 0) is 23.9 Å². The van der Waals surface area contributed by atoms with Crippen molar-refractivity contribution < 1.29 is 29.0 Å². The van der Waals surface area contributed by atoms with E-state index in [1.165, 1.54) is 0 Å². The zero-order chi connectivity index (χ0) is 12.7. The van der Waals surface area contributed by atoms with E-state index in [-0.39, 0.29) is 18.9 Å². The fraction of sp³-hybridized carbons (Fsp3) is 0.444. The molecule has 8 heteroatoms. The number of carboxylic acid groups (broad SMARTS) is 1. The molecule has 94 valence electrons. The third-order valence-electron chi connectivity index (χ3n) is 1.72. The Labute approximate surface area is 96.6 Å². The molecule has 0 aromatic heterocycles. The summed E-state index contributed by atoms with van der Waals surface area (Å²) in [5.74, 6) is -2.35. The predicted octanol–water partition coefficient (Wildman–Crippen LogP) is -1.81. The van der Waals surface area contributed by atoms with Crippen molar-refractivity contribution in [1.29, 1.82) is 0 Å². The lowest BCUT2D eigenvalue weighted by molar-refractivity contribution is -0.137. The highest BCUT2D eigenvalue weighted by atomic mass is 16.6. The first kappa shape index (κ1) is 12.8. The minimum absolute atomic E-state index is 0.0118. The molecule has 0 saturated heterocycles. The topological polar surface area (TPSA) is 114 Å². The maximum Gasteiger partial charge on any atom is 0.322 e. The van der Waals surface area contributed by atoms with E-state index in [2.05, 4.69) is 10.6 Å². The Morgan fingerprint density at radius 3 is 2.59 bits per heavy atom. The third-order valence-corrected chi connectivity index (χ3v) is 1.72. The number of carboxylic acids is 1. The van der Waals surface area contributed by atoms with Crippen molar-refractivity contribution in [2.75, 3.05) is 26.3 Å². The first-order valence-electron chi connectivity index (χ1n) is 4.81. The van der Waals surface area contributed by atoms with E-state index < -0.39 is 24.3 Å². The highest BCUT2D eigenvalue weighted by Crippen LogP contribution is 2.03. The zero-order valence-electron chi connectivity index (χ0n) is 8.89. The van der Waals surface area contributed by atoms with Gasteiger partial charge in [-0.3, -0.25) is 14.4 Å². The average molecular weight is 244 g/mol. The second-order valence-corrected chi connectivity index (χ2v) is 3.05. The van der Waals surface area contributed by atoms with Crippen LogP contribution >= 0.6 is 0 Å². The van der Waals surface area contributed by atoms with Crippen molar-refractivity contribution in [2.45, 2.75) is 0 Å². The van der Waals surface area contributed by atoms with Crippen LogP contribution in [0.5, 0.6) is 0 Å². The molecule has 0 aliphatic carbocycles. The summed E-state index contributed by atoms with van der Waals surface area (Å²) >= 11 is 0. The highest BCUT2D eigenvalue weighted by Gasteiger charge is 2.15. The third kappa shape index (κ3) is 4.87. The van der Waals surface area contributed by atoms with Crippen molar-refractivity contribution >= 4 is 17.8 Å². The maximum atomic E-state index is 11.4. The summed E-state index contributed by atoms with van der Waals surface area (Å²) in [5.41, 5.74) is 0. The van der Waals surface area contributed by atoms with Crippen molar-refractivity contribution in [1.82, 2.24) is 10.6 Å². The molecule has 1 aliphatic rings. The number of hydrogen-bond donors (Lipinski definition) is 3. The molecule has 1 aliphatic heterocycles. The lowest BCUT2D eigenvalue weighted by Gasteiger charge is -2.14. The van der Waals surface area contributed by atoms with Crippen molar-refractivity contribution in [3.8, 4) is 0 Å². The van der Waals surface area contributed by atoms with E-state index in [4.69, 9.17) is 14.6 Å². The van der Waals surface area contributed by atoms with Crippen LogP contribution in [0.25, 0.3) is 0 Å². The minimum atomic E-state index is -1.16. The minimum Gasteiger partial charge on any atom is -0.494 e. The summed E-state index contributed by atoms with van der Waals surface area (Å²) in [6.07, 6.45) is 1.16. The molecule has 0 radical (unpaired) electrons. The molecule has 1 rings (SSSR count). The van der Waals surface area contributed by atoms with Crippen LogP contribution < -0.4 is 10.6 Å². The van der Waals surface area contributed by atoms with Gasteiger partial charge in [0, 0.05) is 0 Å². The molecule has 0 aromatic rings. The quantitative estimate of drug-likeness (QED) is 0.525. The largest absolute Gasteiger partial charge is 0.494 e. The molecular formula is C9H12N2O6. The lowest BCUT2D eigenvalue weighted by Crippen LogP contribution is -2.40. The van der Waals surface area contributed by atoms with Gasteiger partial charge in [-0.1, -0.05) is 0 Å². The molecule has 17 heavy (non-hydrogen) atoms. The van der Waals surface area contributed by atoms with Crippen LogP contribution in [0.1, 0.15) is 0 Å². The second-order valence-electron chi connectivity index (χ2n) is 3.05. The van der Waals surface area contributed by atoms with E-state index in [0.717, 1.165) is 6.26 Å². The monoisotopic (exact) mass is 244 g/mol. The van der Waals surface area contributed by atoms with Gasteiger partial charge in [-0.2, -0.15) is 0 Å². The van der Waals surface area contributed by atoms with E-state index in [1.54, 1.807) is 0 Å². The number of rotatable bonds is 5. The van der Waals surface area contributed by atoms with Crippen molar-refractivity contribution in [3.63, 3.8) is 0 Å². The summed E-state index contributed by atoms with van der Waals surface area (Å²) in [4.78, 5) is 32.6. The van der Waals surface area contributed by atoms with Crippen molar-refractivity contribution in [3.05, 3.63) is 12.0 Å². The van der Waals surface area contributed by atoms with Crippen LogP contribution in [0.2, 0.25) is 0 Å². The fourth-order valence-electron chi connectivity index (χ4n) is 0.972. The maximum absolute atomic E-state index is 11.4. The van der Waals surface area contributed by atoms with E-state index in [1.807, 2.05) is 0 Å². The molecule has 0 atom stereocenters.